The Bertz CT molecular complexity index is 1180. The number of carbonyl (C=O) groups excluding carboxylic acids is 1. The molecule has 4 rings (SSSR count). The van der Waals surface area contributed by atoms with E-state index in [0.29, 0.717) is 22.4 Å². The molecule has 25 heavy (non-hydrogen) atoms. The number of nitrogens with zero attached hydrogens (tertiary/aromatic N) is 1. The van der Waals surface area contributed by atoms with Gasteiger partial charge in [0.15, 0.2) is 0 Å². The number of amides is 1. The first-order valence-corrected chi connectivity index (χ1v) is 7.92. The third-order valence-corrected chi connectivity index (χ3v) is 4.46. The number of carbonyl (C=O) groups is 1. The van der Waals surface area contributed by atoms with Gasteiger partial charge in [0.05, 0.1) is 16.7 Å². The van der Waals surface area contributed by atoms with Gasteiger partial charge in [0.25, 0.3) is 5.91 Å². The van der Waals surface area contributed by atoms with Gasteiger partial charge in [-0.3, -0.25) is 9.78 Å². The van der Waals surface area contributed by atoms with E-state index in [1.54, 1.807) is 6.20 Å². The second-order valence-electron chi connectivity index (χ2n) is 6.03. The normalized spacial score (nSPS) is 11.1. The van der Waals surface area contributed by atoms with E-state index in [0.717, 1.165) is 21.9 Å². The maximum Gasteiger partial charge on any atom is 0.323 e. The zero-order chi connectivity index (χ0) is 17.6. The Morgan fingerprint density at radius 2 is 1.92 bits per heavy atom. The van der Waals surface area contributed by atoms with Gasteiger partial charge in [-0.15, -0.1) is 0 Å². The van der Waals surface area contributed by atoms with Crippen molar-refractivity contribution in [2.45, 2.75) is 13.8 Å². The van der Waals surface area contributed by atoms with Crippen molar-refractivity contribution < 1.29 is 4.79 Å². The first kappa shape index (κ1) is 15.1. The number of aryl methyl sites for hydroxylation is 1. The lowest BCUT2D eigenvalue weighted by Crippen LogP contribution is -2.15. The Kier molecular flexibility index (Phi) is 3.39. The first-order chi connectivity index (χ1) is 12.0. The van der Waals surface area contributed by atoms with Crippen LogP contribution in [0.25, 0.3) is 21.8 Å². The Labute approximate surface area is 142 Å². The van der Waals surface area contributed by atoms with Crippen molar-refractivity contribution in [3.05, 3.63) is 69.9 Å². The summed E-state index contributed by atoms with van der Waals surface area (Å²) in [5.41, 5.74) is 3.76. The second-order valence-corrected chi connectivity index (χ2v) is 6.03. The molecule has 0 aliphatic heterocycles. The van der Waals surface area contributed by atoms with Crippen LogP contribution in [0.4, 0.5) is 5.69 Å². The Morgan fingerprint density at radius 3 is 2.76 bits per heavy atom. The molecule has 0 bridgehead atoms. The van der Waals surface area contributed by atoms with E-state index in [1.165, 1.54) is 0 Å². The summed E-state index contributed by atoms with van der Waals surface area (Å²) >= 11 is 0. The number of rotatable bonds is 2. The lowest BCUT2D eigenvalue weighted by Gasteiger charge is -2.12. The number of pyridine rings is 1. The number of hydrogen-bond donors (Lipinski definition) is 3. The highest BCUT2D eigenvalue weighted by atomic mass is 16.2. The minimum absolute atomic E-state index is 0.307. The van der Waals surface area contributed by atoms with Crippen molar-refractivity contribution in [1.82, 2.24) is 15.0 Å². The van der Waals surface area contributed by atoms with Gasteiger partial charge in [-0.05, 0) is 42.5 Å². The van der Waals surface area contributed by atoms with Crippen LogP contribution in [-0.4, -0.2) is 20.9 Å². The average Bonchev–Trinajstić information content (AvgIpc) is 2.98. The summed E-state index contributed by atoms with van der Waals surface area (Å²) in [5, 5.41) is 4.66. The van der Waals surface area contributed by atoms with Gasteiger partial charge in [-0.1, -0.05) is 24.3 Å². The molecule has 2 aromatic heterocycles. The number of fused-ring (bicyclic) bond motifs is 2. The van der Waals surface area contributed by atoms with Gasteiger partial charge in [0, 0.05) is 11.6 Å². The Hall–Kier alpha value is -3.41. The molecule has 0 saturated heterocycles. The molecule has 0 radical (unpaired) electrons. The summed E-state index contributed by atoms with van der Waals surface area (Å²) in [4.78, 5) is 34.2. The molecule has 124 valence electrons. The molecule has 0 saturated carbocycles. The third kappa shape index (κ3) is 2.48. The van der Waals surface area contributed by atoms with Crippen molar-refractivity contribution in [3.63, 3.8) is 0 Å². The third-order valence-electron chi connectivity index (χ3n) is 4.46. The van der Waals surface area contributed by atoms with Gasteiger partial charge in [-0.2, -0.15) is 0 Å². The number of aromatic amines is 2. The smallest absolute Gasteiger partial charge is 0.318 e. The minimum atomic E-state index is -0.311. The molecule has 0 fully saturated rings. The van der Waals surface area contributed by atoms with Crippen LogP contribution in [0.5, 0.6) is 0 Å². The quantitative estimate of drug-likeness (QED) is 0.526. The van der Waals surface area contributed by atoms with Crippen LogP contribution in [-0.2, 0) is 0 Å². The van der Waals surface area contributed by atoms with Crippen LogP contribution in [0.1, 0.15) is 21.6 Å². The molecule has 4 aromatic rings. The van der Waals surface area contributed by atoms with Crippen LogP contribution in [0.2, 0.25) is 0 Å². The summed E-state index contributed by atoms with van der Waals surface area (Å²) in [5.74, 6) is -0.311. The maximum atomic E-state index is 12.9. The summed E-state index contributed by atoms with van der Waals surface area (Å²) in [6.45, 7) is 3.85. The number of benzene rings is 2. The summed E-state index contributed by atoms with van der Waals surface area (Å²) in [6.07, 6.45) is 1.62. The molecule has 0 aliphatic rings. The predicted octanol–water partition coefficient (Wildman–Crippen LogP) is 3.27. The van der Waals surface area contributed by atoms with E-state index >= 15 is 0 Å². The molecular formula is C19H16N4O2. The lowest BCUT2D eigenvalue weighted by molar-refractivity contribution is 0.102. The maximum absolute atomic E-state index is 12.9. The van der Waals surface area contributed by atoms with Crippen molar-refractivity contribution >= 4 is 33.4 Å². The minimum Gasteiger partial charge on any atom is -0.318 e. The standard InChI is InChI=1S/C19H16N4O2/c1-10-9-14-17(23-19(25)21-14)15(11(10)2)22-18(24)16-13-6-4-3-5-12(13)7-8-20-16/h3-9H,1-2H3,(H,22,24)(H2,21,23,25). The number of H-pyrrole nitrogens is 2. The molecular weight excluding hydrogens is 316 g/mol. The molecule has 2 heterocycles. The second kappa shape index (κ2) is 5.59. The molecule has 0 aliphatic carbocycles. The molecule has 0 unspecified atom stereocenters. The molecule has 2 aromatic carbocycles. The zero-order valence-corrected chi connectivity index (χ0v) is 13.8. The van der Waals surface area contributed by atoms with Gasteiger partial charge in [0.2, 0.25) is 0 Å². The number of hydrogen-bond acceptors (Lipinski definition) is 3. The van der Waals surface area contributed by atoms with Crippen LogP contribution in [0.3, 0.4) is 0 Å². The number of imidazole rings is 1. The fraction of sp³-hybridized carbons (Fsp3) is 0.105. The monoisotopic (exact) mass is 332 g/mol. The molecule has 0 spiro atoms. The summed E-state index contributed by atoms with van der Waals surface area (Å²) in [6, 6.07) is 11.4. The molecule has 6 heteroatoms. The van der Waals surface area contributed by atoms with Crippen LogP contribution in [0, 0.1) is 13.8 Å². The SMILES string of the molecule is Cc1cc2[nH]c(=O)[nH]c2c(NC(=O)c2nccc3ccccc23)c1C. The highest BCUT2D eigenvalue weighted by molar-refractivity contribution is 6.13. The van der Waals surface area contributed by atoms with E-state index in [4.69, 9.17) is 0 Å². The van der Waals surface area contributed by atoms with Crippen molar-refractivity contribution in [2.75, 3.05) is 5.32 Å². The number of anilines is 1. The van der Waals surface area contributed by atoms with E-state index in [1.807, 2.05) is 50.2 Å². The number of nitrogens with one attached hydrogen (secondary N) is 3. The van der Waals surface area contributed by atoms with Gasteiger partial charge in [0.1, 0.15) is 5.69 Å². The molecule has 0 atom stereocenters. The van der Waals surface area contributed by atoms with E-state index in [-0.39, 0.29) is 11.6 Å². The van der Waals surface area contributed by atoms with E-state index in [2.05, 4.69) is 20.3 Å². The average molecular weight is 332 g/mol. The topological polar surface area (TPSA) is 90.6 Å². The fourth-order valence-electron chi connectivity index (χ4n) is 3.04. The van der Waals surface area contributed by atoms with Crippen molar-refractivity contribution in [2.24, 2.45) is 0 Å². The fourth-order valence-corrected chi connectivity index (χ4v) is 3.04. The highest BCUT2D eigenvalue weighted by Crippen LogP contribution is 2.28. The summed E-state index contributed by atoms with van der Waals surface area (Å²) < 4.78 is 0. The first-order valence-electron chi connectivity index (χ1n) is 7.92. The predicted molar refractivity (Wildman–Crippen MR) is 98.1 cm³/mol. The van der Waals surface area contributed by atoms with Gasteiger partial charge < -0.3 is 15.3 Å². The number of aromatic nitrogens is 3. The highest BCUT2D eigenvalue weighted by Gasteiger charge is 2.17. The van der Waals surface area contributed by atoms with Crippen molar-refractivity contribution in [1.29, 1.82) is 0 Å². The van der Waals surface area contributed by atoms with E-state index < -0.39 is 0 Å². The van der Waals surface area contributed by atoms with Gasteiger partial charge in [-0.25, -0.2) is 4.79 Å². The van der Waals surface area contributed by atoms with E-state index in [9.17, 15) is 9.59 Å². The Balaban J connectivity index is 1.85. The van der Waals surface area contributed by atoms with Crippen LogP contribution < -0.4 is 11.0 Å². The molecule has 3 N–H and O–H groups in total. The van der Waals surface area contributed by atoms with Crippen molar-refractivity contribution in [3.8, 4) is 0 Å². The summed E-state index contributed by atoms with van der Waals surface area (Å²) in [7, 11) is 0. The van der Waals surface area contributed by atoms with Crippen LogP contribution >= 0.6 is 0 Å². The lowest BCUT2D eigenvalue weighted by atomic mass is 10.1. The zero-order valence-electron chi connectivity index (χ0n) is 13.8. The molecule has 1 amide bonds. The molecule has 6 nitrogen and oxygen atoms in total. The van der Waals surface area contributed by atoms with Crippen LogP contribution in [0.15, 0.2) is 47.4 Å². The van der Waals surface area contributed by atoms with Gasteiger partial charge >= 0.3 is 5.69 Å². The Morgan fingerprint density at radius 1 is 1.12 bits per heavy atom. The largest absolute Gasteiger partial charge is 0.323 e.